The van der Waals surface area contributed by atoms with Gasteiger partial charge in [-0.25, -0.2) is 4.99 Å². The summed E-state index contributed by atoms with van der Waals surface area (Å²) < 4.78 is 16.2. The van der Waals surface area contributed by atoms with E-state index in [1.165, 1.54) is 0 Å². The molecule has 4 rings (SSSR count). The van der Waals surface area contributed by atoms with Crippen LogP contribution >= 0.6 is 0 Å². The molecule has 1 aliphatic heterocycles. The number of carbonyl (C=O) groups is 1. The van der Waals surface area contributed by atoms with E-state index in [1.807, 2.05) is 54.7 Å². The quantitative estimate of drug-likeness (QED) is 0.608. The number of rotatable bonds is 5. The first-order valence-electron chi connectivity index (χ1n) is 9.36. The Kier molecular flexibility index (Phi) is 6.71. The van der Waals surface area contributed by atoms with E-state index in [0.29, 0.717) is 12.4 Å². The summed E-state index contributed by atoms with van der Waals surface area (Å²) in [6.07, 6.45) is 3.49. The molecule has 3 aromatic rings. The van der Waals surface area contributed by atoms with Crippen molar-refractivity contribution in [3.8, 4) is 22.6 Å². The molecule has 0 spiro atoms. The fourth-order valence-corrected chi connectivity index (χ4v) is 3.40. The lowest BCUT2D eigenvalue weighted by molar-refractivity contribution is -0.122. The van der Waals surface area contributed by atoms with Crippen molar-refractivity contribution in [1.29, 1.82) is 0 Å². The number of nitrogens with zero attached hydrogens (tertiary/aromatic N) is 2. The number of hydrogen-bond donors (Lipinski definition) is 2. The molecule has 0 aliphatic carbocycles. The van der Waals surface area contributed by atoms with E-state index in [9.17, 15) is 0 Å². The topological polar surface area (TPSA) is 116 Å². The van der Waals surface area contributed by atoms with Crippen LogP contribution in [0.25, 0.3) is 11.1 Å². The SMILES string of the molecule is COc1ccc(C2(c3cccc(-c4cncc(OC)c4)c3)COC(N)=N2)cc1.O=CO. The fourth-order valence-electron chi connectivity index (χ4n) is 3.40. The zero-order valence-corrected chi connectivity index (χ0v) is 17.2. The molecule has 1 unspecified atom stereocenters. The normalized spacial score (nSPS) is 16.9. The molecule has 0 radical (unpaired) electrons. The van der Waals surface area contributed by atoms with Gasteiger partial charge in [0.05, 0.1) is 20.4 Å². The van der Waals surface area contributed by atoms with E-state index >= 15 is 0 Å². The average molecular weight is 421 g/mol. The van der Waals surface area contributed by atoms with Gasteiger partial charge in [-0.05, 0) is 41.0 Å². The van der Waals surface area contributed by atoms with E-state index in [-0.39, 0.29) is 12.5 Å². The van der Waals surface area contributed by atoms with E-state index in [1.54, 1.807) is 20.4 Å². The third kappa shape index (κ3) is 4.58. The maximum absolute atomic E-state index is 8.36. The van der Waals surface area contributed by atoms with Crippen molar-refractivity contribution in [2.45, 2.75) is 5.54 Å². The minimum atomic E-state index is -0.710. The molecule has 0 saturated heterocycles. The highest BCUT2D eigenvalue weighted by Crippen LogP contribution is 2.39. The van der Waals surface area contributed by atoms with Crippen molar-refractivity contribution >= 4 is 12.5 Å². The first-order chi connectivity index (χ1) is 15.1. The van der Waals surface area contributed by atoms with Crippen LogP contribution in [0.3, 0.4) is 0 Å². The van der Waals surface area contributed by atoms with Crippen LogP contribution in [0.5, 0.6) is 11.5 Å². The minimum Gasteiger partial charge on any atom is -0.497 e. The van der Waals surface area contributed by atoms with Gasteiger partial charge in [0.1, 0.15) is 18.1 Å². The van der Waals surface area contributed by atoms with Crippen molar-refractivity contribution in [2.24, 2.45) is 10.7 Å². The molecule has 1 aliphatic rings. The molecule has 0 amide bonds. The molecule has 8 heteroatoms. The lowest BCUT2D eigenvalue weighted by Crippen LogP contribution is -2.27. The second kappa shape index (κ2) is 9.62. The number of benzene rings is 2. The molecule has 2 aromatic carbocycles. The van der Waals surface area contributed by atoms with Gasteiger partial charge >= 0.3 is 0 Å². The Hall–Kier alpha value is -4.07. The van der Waals surface area contributed by atoms with E-state index in [2.05, 4.69) is 16.0 Å². The highest BCUT2D eigenvalue weighted by atomic mass is 16.5. The van der Waals surface area contributed by atoms with Crippen LogP contribution in [0.1, 0.15) is 11.1 Å². The van der Waals surface area contributed by atoms with Crippen LogP contribution in [-0.2, 0) is 15.1 Å². The second-order valence-corrected chi connectivity index (χ2v) is 6.63. The molecule has 3 N–H and O–H groups in total. The fraction of sp³-hybridized carbons (Fsp3) is 0.174. The third-order valence-corrected chi connectivity index (χ3v) is 4.92. The van der Waals surface area contributed by atoms with Crippen molar-refractivity contribution < 1.29 is 24.1 Å². The molecule has 0 saturated carbocycles. The van der Waals surface area contributed by atoms with Gasteiger partial charge in [0.25, 0.3) is 12.5 Å². The number of amidine groups is 1. The number of ether oxygens (including phenoxy) is 3. The van der Waals surface area contributed by atoms with E-state index in [0.717, 1.165) is 28.0 Å². The smallest absolute Gasteiger partial charge is 0.290 e. The van der Waals surface area contributed by atoms with Crippen molar-refractivity contribution in [3.05, 3.63) is 78.1 Å². The molecule has 31 heavy (non-hydrogen) atoms. The highest BCUT2D eigenvalue weighted by molar-refractivity contribution is 5.76. The molecule has 0 fully saturated rings. The number of hydrogen-bond acceptors (Lipinski definition) is 7. The maximum Gasteiger partial charge on any atom is 0.290 e. The van der Waals surface area contributed by atoms with E-state index in [4.69, 9.17) is 29.8 Å². The summed E-state index contributed by atoms with van der Waals surface area (Å²) in [5, 5.41) is 6.89. The van der Waals surface area contributed by atoms with Crippen molar-refractivity contribution in [3.63, 3.8) is 0 Å². The van der Waals surface area contributed by atoms with Gasteiger partial charge in [0.2, 0.25) is 0 Å². The Morgan fingerprint density at radius 3 is 2.32 bits per heavy atom. The summed E-state index contributed by atoms with van der Waals surface area (Å²) >= 11 is 0. The average Bonchev–Trinajstić information content (AvgIpc) is 3.22. The Balaban J connectivity index is 0.000000858. The third-order valence-electron chi connectivity index (χ3n) is 4.92. The Labute approximate surface area is 179 Å². The monoisotopic (exact) mass is 421 g/mol. The zero-order chi connectivity index (χ0) is 22.3. The molecule has 0 bridgehead atoms. The summed E-state index contributed by atoms with van der Waals surface area (Å²) in [4.78, 5) is 17.3. The van der Waals surface area contributed by atoms with Gasteiger partial charge < -0.3 is 25.1 Å². The number of methoxy groups -OCH3 is 2. The summed E-state index contributed by atoms with van der Waals surface area (Å²) in [5.41, 5.74) is 9.13. The largest absolute Gasteiger partial charge is 0.497 e. The number of pyridine rings is 1. The highest BCUT2D eigenvalue weighted by Gasteiger charge is 2.40. The first-order valence-corrected chi connectivity index (χ1v) is 9.36. The lowest BCUT2D eigenvalue weighted by atomic mass is 9.83. The van der Waals surface area contributed by atoms with Gasteiger partial charge in [0.15, 0.2) is 5.54 Å². The summed E-state index contributed by atoms with van der Waals surface area (Å²) in [6, 6.07) is 18.1. The van der Waals surface area contributed by atoms with E-state index < -0.39 is 5.54 Å². The predicted octanol–water partition coefficient (Wildman–Crippen LogP) is 3.06. The van der Waals surface area contributed by atoms with Crippen molar-refractivity contribution in [1.82, 2.24) is 4.98 Å². The van der Waals surface area contributed by atoms with Crippen LogP contribution in [0, 0.1) is 0 Å². The summed E-state index contributed by atoms with van der Waals surface area (Å²) in [5.74, 6) is 1.49. The Morgan fingerprint density at radius 1 is 1.00 bits per heavy atom. The number of aliphatic imine (C=N–C) groups is 1. The maximum atomic E-state index is 8.36. The molecular formula is C23H23N3O5. The zero-order valence-electron chi connectivity index (χ0n) is 17.2. The number of carboxylic acid groups (broad SMARTS) is 1. The molecule has 2 heterocycles. The van der Waals surface area contributed by atoms with Crippen LogP contribution in [0.4, 0.5) is 0 Å². The molecule has 8 nitrogen and oxygen atoms in total. The van der Waals surface area contributed by atoms with Gasteiger partial charge in [-0.3, -0.25) is 9.78 Å². The van der Waals surface area contributed by atoms with Crippen molar-refractivity contribution in [2.75, 3.05) is 20.8 Å². The van der Waals surface area contributed by atoms with Crippen LogP contribution in [0.15, 0.2) is 72.0 Å². The molecule has 1 atom stereocenters. The molecule has 160 valence electrons. The van der Waals surface area contributed by atoms with Gasteiger partial charge in [-0.2, -0.15) is 0 Å². The second-order valence-electron chi connectivity index (χ2n) is 6.63. The number of nitrogens with two attached hydrogens (primary N) is 1. The Morgan fingerprint density at radius 2 is 1.71 bits per heavy atom. The van der Waals surface area contributed by atoms with Crippen LogP contribution in [-0.4, -0.2) is 43.4 Å². The first kappa shape index (κ1) is 21.6. The van der Waals surface area contributed by atoms with Gasteiger partial charge in [-0.1, -0.05) is 30.3 Å². The van der Waals surface area contributed by atoms with Gasteiger partial charge in [-0.15, -0.1) is 0 Å². The van der Waals surface area contributed by atoms with Crippen LogP contribution in [0.2, 0.25) is 0 Å². The van der Waals surface area contributed by atoms with Gasteiger partial charge in [0, 0.05) is 11.8 Å². The molecule has 1 aromatic heterocycles. The summed E-state index contributed by atoms with van der Waals surface area (Å²) in [7, 11) is 3.27. The molecular weight excluding hydrogens is 398 g/mol. The van der Waals surface area contributed by atoms with Crippen LogP contribution < -0.4 is 15.2 Å². The number of aromatic nitrogens is 1. The summed E-state index contributed by atoms with van der Waals surface area (Å²) in [6.45, 7) is 0.0883. The lowest BCUT2D eigenvalue weighted by Gasteiger charge is -2.26. The minimum absolute atomic E-state index is 0.185. The Bertz CT molecular complexity index is 1070. The standard InChI is InChI=1S/C22H21N3O3.CH2O2/c1-26-19-8-6-17(7-9-19)22(14-28-21(23)25-22)18-5-3-4-15(10-18)16-11-20(27-2)13-24-12-16;2-1-3/h3-13H,14H2,1-2H3,(H2,23,25);1H,(H,2,3). The predicted molar refractivity (Wildman–Crippen MR) is 116 cm³/mol.